The number of hydrogen-bond acceptors (Lipinski definition) is 3. The Balaban J connectivity index is 1.88. The summed E-state index contributed by atoms with van der Waals surface area (Å²) in [5.41, 5.74) is 0. The van der Waals surface area contributed by atoms with E-state index in [0.717, 1.165) is 45.4 Å². The maximum atomic E-state index is 12.0. The van der Waals surface area contributed by atoms with Crippen molar-refractivity contribution in [3.8, 4) is 0 Å². The van der Waals surface area contributed by atoms with Gasteiger partial charge in [-0.3, -0.25) is 4.79 Å². The molecule has 16 heavy (non-hydrogen) atoms. The Hall–Kier alpha value is -0.610. The van der Waals surface area contributed by atoms with E-state index >= 15 is 0 Å². The molecule has 0 radical (unpaired) electrons. The maximum Gasteiger partial charge on any atom is 0.228 e. The van der Waals surface area contributed by atoms with Gasteiger partial charge in [-0.1, -0.05) is 13.3 Å². The van der Waals surface area contributed by atoms with Crippen molar-refractivity contribution < 1.29 is 9.90 Å². The summed E-state index contributed by atoms with van der Waals surface area (Å²) < 4.78 is 0. The van der Waals surface area contributed by atoms with Crippen molar-refractivity contribution in [3.05, 3.63) is 0 Å². The van der Waals surface area contributed by atoms with Gasteiger partial charge in [0.1, 0.15) is 0 Å². The first-order valence-corrected chi connectivity index (χ1v) is 6.40. The minimum atomic E-state index is -0.205. The van der Waals surface area contributed by atoms with Crippen LogP contribution in [-0.4, -0.2) is 48.2 Å². The van der Waals surface area contributed by atoms with E-state index in [1.165, 1.54) is 0 Å². The van der Waals surface area contributed by atoms with E-state index in [4.69, 9.17) is 0 Å². The lowest BCUT2D eigenvalue weighted by Gasteiger charge is -2.39. The fourth-order valence-corrected chi connectivity index (χ4v) is 2.60. The second-order valence-corrected chi connectivity index (χ2v) is 5.04. The molecule has 1 amide bonds. The third-order valence-electron chi connectivity index (χ3n) is 3.80. The van der Waals surface area contributed by atoms with Crippen LogP contribution in [0, 0.1) is 11.8 Å². The van der Waals surface area contributed by atoms with Gasteiger partial charge in [-0.15, -0.1) is 0 Å². The summed E-state index contributed by atoms with van der Waals surface area (Å²) >= 11 is 0. The highest BCUT2D eigenvalue weighted by Crippen LogP contribution is 2.23. The van der Waals surface area contributed by atoms with E-state index in [1.807, 2.05) is 4.90 Å². The highest BCUT2D eigenvalue weighted by molar-refractivity contribution is 5.80. The van der Waals surface area contributed by atoms with Gasteiger partial charge in [-0.2, -0.15) is 0 Å². The van der Waals surface area contributed by atoms with Crippen molar-refractivity contribution in [1.82, 2.24) is 10.2 Å². The molecule has 2 saturated heterocycles. The average molecular weight is 226 g/mol. The molecule has 2 heterocycles. The predicted molar refractivity (Wildman–Crippen MR) is 62.0 cm³/mol. The SMILES string of the molecule is CCC[C@H]1CN(C(=O)C2CNC2)CC[C@H]1O. The van der Waals surface area contributed by atoms with Crippen molar-refractivity contribution in [1.29, 1.82) is 0 Å². The summed E-state index contributed by atoms with van der Waals surface area (Å²) in [6.45, 7) is 5.27. The molecule has 92 valence electrons. The first-order valence-electron chi connectivity index (χ1n) is 6.40. The number of rotatable bonds is 3. The van der Waals surface area contributed by atoms with Gasteiger partial charge in [0.05, 0.1) is 12.0 Å². The molecular weight excluding hydrogens is 204 g/mol. The number of likely N-dealkylation sites (tertiary alicyclic amines) is 1. The van der Waals surface area contributed by atoms with Crippen LogP contribution in [0.1, 0.15) is 26.2 Å². The molecule has 2 aliphatic heterocycles. The number of aliphatic hydroxyl groups is 1. The van der Waals surface area contributed by atoms with Gasteiger partial charge in [-0.25, -0.2) is 0 Å². The van der Waals surface area contributed by atoms with Crippen LogP contribution in [-0.2, 0) is 4.79 Å². The van der Waals surface area contributed by atoms with Gasteiger partial charge in [0.15, 0.2) is 0 Å². The molecule has 0 aliphatic carbocycles. The first kappa shape index (κ1) is 11.9. The number of nitrogens with one attached hydrogen (secondary N) is 1. The molecule has 4 heteroatoms. The van der Waals surface area contributed by atoms with Crippen molar-refractivity contribution in [2.24, 2.45) is 11.8 Å². The highest BCUT2D eigenvalue weighted by Gasteiger charge is 2.34. The van der Waals surface area contributed by atoms with Crippen LogP contribution in [0.4, 0.5) is 0 Å². The predicted octanol–water partition coefficient (Wildman–Crippen LogP) is 0.215. The minimum absolute atomic E-state index is 0.192. The number of piperidine rings is 1. The molecule has 2 rings (SSSR count). The second kappa shape index (κ2) is 5.15. The number of nitrogens with zero attached hydrogens (tertiary/aromatic N) is 1. The smallest absolute Gasteiger partial charge is 0.228 e. The third-order valence-corrected chi connectivity index (χ3v) is 3.80. The second-order valence-electron chi connectivity index (χ2n) is 5.04. The summed E-state index contributed by atoms with van der Waals surface area (Å²) in [6, 6.07) is 0. The number of aliphatic hydroxyl groups excluding tert-OH is 1. The molecule has 4 nitrogen and oxygen atoms in total. The largest absolute Gasteiger partial charge is 0.393 e. The van der Waals surface area contributed by atoms with Crippen LogP contribution in [0.2, 0.25) is 0 Å². The summed E-state index contributed by atoms with van der Waals surface area (Å²) in [5, 5.41) is 13.0. The normalized spacial score (nSPS) is 31.2. The Kier molecular flexibility index (Phi) is 3.82. The van der Waals surface area contributed by atoms with E-state index in [1.54, 1.807) is 0 Å². The van der Waals surface area contributed by atoms with Crippen LogP contribution in [0.15, 0.2) is 0 Å². The molecule has 0 spiro atoms. The van der Waals surface area contributed by atoms with Crippen molar-refractivity contribution >= 4 is 5.91 Å². The zero-order valence-corrected chi connectivity index (χ0v) is 9.98. The summed E-state index contributed by atoms with van der Waals surface area (Å²) in [5.74, 6) is 0.764. The molecule has 2 aliphatic rings. The quantitative estimate of drug-likeness (QED) is 0.723. The Morgan fingerprint density at radius 1 is 1.50 bits per heavy atom. The molecular formula is C12H22N2O2. The fraction of sp³-hybridized carbons (Fsp3) is 0.917. The van der Waals surface area contributed by atoms with Crippen molar-refractivity contribution in [2.45, 2.75) is 32.3 Å². The van der Waals surface area contributed by atoms with Gasteiger partial charge >= 0.3 is 0 Å². The molecule has 0 unspecified atom stereocenters. The average Bonchev–Trinajstić information content (AvgIpc) is 2.19. The molecule has 2 N–H and O–H groups in total. The molecule has 2 atom stereocenters. The van der Waals surface area contributed by atoms with Crippen LogP contribution in [0.5, 0.6) is 0 Å². The number of carbonyl (C=O) groups is 1. The number of amides is 1. The van der Waals surface area contributed by atoms with Crippen molar-refractivity contribution in [3.63, 3.8) is 0 Å². The van der Waals surface area contributed by atoms with Gasteiger partial charge in [0.25, 0.3) is 0 Å². The zero-order chi connectivity index (χ0) is 11.5. The fourth-order valence-electron chi connectivity index (χ4n) is 2.60. The van der Waals surface area contributed by atoms with Gasteiger partial charge in [0, 0.05) is 32.1 Å². The minimum Gasteiger partial charge on any atom is -0.393 e. The lowest BCUT2D eigenvalue weighted by Crippen LogP contribution is -2.55. The summed E-state index contributed by atoms with van der Waals surface area (Å²) in [7, 11) is 0. The Morgan fingerprint density at radius 2 is 2.25 bits per heavy atom. The maximum absolute atomic E-state index is 12.0. The van der Waals surface area contributed by atoms with Crippen LogP contribution >= 0.6 is 0 Å². The van der Waals surface area contributed by atoms with Crippen LogP contribution < -0.4 is 5.32 Å². The highest BCUT2D eigenvalue weighted by atomic mass is 16.3. The number of carbonyl (C=O) groups excluding carboxylic acids is 1. The third kappa shape index (κ3) is 2.38. The lowest BCUT2D eigenvalue weighted by molar-refractivity contribution is -0.141. The van der Waals surface area contributed by atoms with E-state index < -0.39 is 0 Å². The Bertz CT molecular complexity index is 253. The van der Waals surface area contributed by atoms with E-state index in [-0.39, 0.29) is 23.8 Å². The summed E-state index contributed by atoms with van der Waals surface area (Å²) in [4.78, 5) is 14.0. The standard InChI is InChI=1S/C12H22N2O2/c1-2-3-9-8-14(5-4-11(9)15)12(16)10-6-13-7-10/h9-11,13,15H,2-8H2,1H3/t9-,11+/m0/s1. The van der Waals surface area contributed by atoms with Gasteiger partial charge < -0.3 is 15.3 Å². The zero-order valence-electron chi connectivity index (χ0n) is 9.98. The molecule has 0 bridgehead atoms. The molecule has 0 aromatic heterocycles. The van der Waals surface area contributed by atoms with E-state index in [2.05, 4.69) is 12.2 Å². The molecule has 0 saturated carbocycles. The first-order chi connectivity index (χ1) is 7.72. The van der Waals surface area contributed by atoms with Crippen LogP contribution in [0.3, 0.4) is 0 Å². The number of hydrogen-bond donors (Lipinski definition) is 2. The Morgan fingerprint density at radius 3 is 2.81 bits per heavy atom. The van der Waals surface area contributed by atoms with Crippen LogP contribution in [0.25, 0.3) is 0 Å². The van der Waals surface area contributed by atoms with Gasteiger partial charge in [0.2, 0.25) is 5.91 Å². The molecule has 2 fully saturated rings. The summed E-state index contributed by atoms with van der Waals surface area (Å²) in [6.07, 6.45) is 2.64. The molecule has 0 aromatic rings. The monoisotopic (exact) mass is 226 g/mol. The van der Waals surface area contributed by atoms with Crippen molar-refractivity contribution in [2.75, 3.05) is 26.2 Å². The van der Waals surface area contributed by atoms with E-state index in [9.17, 15) is 9.90 Å². The lowest BCUT2D eigenvalue weighted by atomic mass is 9.89. The topological polar surface area (TPSA) is 52.6 Å². The van der Waals surface area contributed by atoms with Gasteiger partial charge in [-0.05, 0) is 12.8 Å². The van der Waals surface area contributed by atoms with E-state index in [0.29, 0.717) is 0 Å². The Labute approximate surface area is 97.0 Å². The molecule has 0 aromatic carbocycles.